The molecule has 0 bridgehead atoms. The van der Waals surface area contributed by atoms with E-state index in [1.807, 2.05) is 62.4 Å². The van der Waals surface area contributed by atoms with E-state index < -0.39 is 0 Å². The lowest BCUT2D eigenvalue weighted by Crippen LogP contribution is -2.23. The molecule has 6 rings (SSSR count). The predicted molar refractivity (Wildman–Crippen MR) is 153 cm³/mol. The highest BCUT2D eigenvalue weighted by atomic mass is 32.2. The third-order valence-electron chi connectivity index (χ3n) is 7.41. The molecular formula is C30H29N3O3S2. The predicted octanol–water partition coefficient (Wildman–Crippen LogP) is 6.61. The number of Topliss-reactive ketones (excluding diaryl/α,β-unsaturated/α-hetero) is 1. The van der Waals surface area contributed by atoms with Gasteiger partial charge in [-0.15, -0.1) is 11.3 Å². The lowest BCUT2D eigenvalue weighted by Gasteiger charge is -2.17. The van der Waals surface area contributed by atoms with Crippen LogP contribution in [0.5, 0.6) is 0 Å². The third-order valence-corrected chi connectivity index (χ3v) is 9.50. The molecule has 4 aromatic heterocycles. The van der Waals surface area contributed by atoms with Crippen LogP contribution < -0.4 is 5.56 Å². The maximum absolute atomic E-state index is 14.0. The van der Waals surface area contributed by atoms with Crippen molar-refractivity contribution in [3.8, 4) is 5.69 Å². The first-order valence-corrected chi connectivity index (χ1v) is 14.7. The van der Waals surface area contributed by atoms with E-state index in [1.165, 1.54) is 22.2 Å². The van der Waals surface area contributed by atoms with Crippen molar-refractivity contribution in [3.63, 3.8) is 0 Å². The van der Waals surface area contributed by atoms with E-state index in [1.54, 1.807) is 22.2 Å². The van der Waals surface area contributed by atoms with Crippen LogP contribution in [0.4, 0.5) is 0 Å². The van der Waals surface area contributed by atoms with Crippen molar-refractivity contribution < 1.29 is 9.21 Å². The summed E-state index contributed by atoms with van der Waals surface area (Å²) in [5.41, 5.74) is 4.50. The molecule has 0 radical (unpaired) electrons. The average Bonchev–Trinajstić information content (AvgIpc) is 3.62. The second kappa shape index (κ2) is 10.1. The number of furan rings is 1. The van der Waals surface area contributed by atoms with E-state index in [9.17, 15) is 9.59 Å². The number of fused-ring (bicyclic) bond motifs is 3. The van der Waals surface area contributed by atoms with Crippen molar-refractivity contribution in [1.29, 1.82) is 0 Å². The number of aromatic nitrogens is 3. The molecule has 1 aromatic carbocycles. The van der Waals surface area contributed by atoms with Crippen LogP contribution in [0.25, 0.3) is 15.9 Å². The maximum Gasteiger partial charge on any atom is 0.267 e. The minimum absolute atomic E-state index is 0.0158. The smallest absolute Gasteiger partial charge is 0.267 e. The first-order valence-electron chi connectivity index (χ1n) is 12.9. The number of ketones is 1. The zero-order chi connectivity index (χ0) is 26.4. The van der Waals surface area contributed by atoms with Crippen LogP contribution in [0.15, 0.2) is 69.2 Å². The molecule has 0 aliphatic heterocycles. The molecule has 0 saturated carbocycles. The summed E-state index contributed by atoms with van der Waals surface area (Å²) in [6, 6.07) is 15.4. The summed E-state index contributed by atoms with van der Waals surface area (Å²) in [5, 5.41) is 1.30. The Kier molecular flexibility index (Phi) is 6.61. The molecule has 194 valence electrons. The van der Waals surface area contributed by atoms with Crippen LogP contribution in [0.1, 0.15) is 51.3 Å². The Balaban J connectivity index is 1.35. The van der Waals surface area contributed by atoms with Gasteiger partial charge in [0.1, 0.15) is 10.6 Å². The Bertz CT molecular complexity index is 1690. The lowest BCUT2D eigenvalue weighted by molar-refractivity contribution is 0.102. The molecule has 0 amide bonds. The highest BCUT2D eigenvalue weighted by Gasteiger charge is 2.26. The molecule has 1 atom stereocenters. The Morgan fingerprint density at radius 3 is 2.76 bits per heavy atom. The van der Waals surface area contributed by atoms with Crippen molar-refractivity contribution in [2.45, 2.75) is 51.7 Å². The fourth-order valence-electron chi connectivity index (χ4n) is 5.37. The average molecular weight is 544 g/mol. The summed E-state index contributed by atoms with van der Waals surface area (Å²) in [6.45, 7) is 6.82. The normalized spacial score (nSPS) is 15.2. The van der Waals surface area contributed by atoms with Crippen LogP contribution in [0.2, 0.25) is 0 Å². The molecule has 6 nitrogen and oxygen atoms in total. The molecule has 1 unspecified atom stereocenters. The van der Waals surface area contributed by atoms with Crippen LogP contribution >= 0.6 is 23.1 Å². The molecule has 0 saturated heterocycles. The monoisotopic (exact) mass is 543 g/mol. The molecule has 1 aliphatic carbocycles. The molecule has 4 heterocycles. The number of thioether (sulfide) groups is 1. The first kappa shape index (κ1) is 24.9. The standard InChI is InChI=1S/C30H29N3O3S2/c1-18-11-12-23-26(14-18)38-28-27(23)29(35)33(21-8-5-4-6-9-21)30(31-28)37-17-25(34)24-15-19(2)32(20(24)3)16-22-10-7-13-36-22/h4-10,13,15,18H,11-12,14,16-17H2,1-3H3. The van der Waals surface area contributed by atoms with E-state index in [4.69, 9.17) is 9.40 Å². The number of carbonyl (C=O) groups is 1. The number of hydrogen-bond donors (Lipinski definition) is 0. The van der Waals surface area contributed by atoms with Gasteiger partial charge in [0.2, 0.25) is 0 Å². The fourth-order valence-corrected chi connectivity index (χ4v) is 7.69. The van der Waals surface area contributed by atoms with E-state index in [2.05, 4.69) is 11.5 Å². The number of benzene rings is 1. The maximum atomic E-state index is 14.0. The molecule has 0 spiro atoms. The van der Waals surface area contributed by atoms with Crippen molar-refractivity contribution in [2.24, 2.45) is 5.92 Å². The van der Waals surface area contributed by atoms with E-state index in [-0.39, 0.29) is 17.1 Å². The Labute approximate surface area is 229 Å². The number of hydrogen-bond acceptors (Lipinski definition) is 6. The summed E-state index contributed by atoms with van der Waals surface area (Å²) >= 11 is 2.97. The van der Waals surface area contributed by atoms with Gasteiger partial charge in [0.15, 0.2) is 10.9 Å². The quantitative estimate of drug-likeness (QED) is 0.131. The van der Waals surface area contributed by atoms with Gasteiger partial charge in [-0.2, -0.15) is 0 Å². The number of nitrogens with zero attached hydrogens (tertiary/aromatic N) is 3. The van der Waals surface area contributed by atoms with Gasteiger partial charge in [0.25, 0.3) is 5.56 Å². The van der Waals surface area contributed by atoms with Gasteiger partial charge in [-0.25, -0.2) is 4.98 Å². The minimum Gasteiger partial charge on any atom is -0.467 e. The summed E-state index contributed by atoms with van der Waals surface area (Å²) in [4.78, 5) is 34.4. The number of aryl methyl sites for hydroxylation is 2. The fraction of sp³-hybridized carbons (Fsp3) is 0.300. The van der Waals surface area contributed by atoms with Crippen LogP contribution in [-0.4, -0.2) is 25.7 Å². The zero-order valence-electron chi connectivity index (χ0n) is 21.7. The Hall–Kier alpha value is -3.36. The van der Waals surface area contributed by atoms with E-state index in [0.29, 0.717) is 23.2 Å². The lowest BCUT2D eigenvalue weighted by atomic mass is 9.89. The van der Waals surface area contributed by atoms with Gasteiger partial charge >= 0.3 is 0 Å². The van der Waals surface area contributed by atoms with Crippen molar-refractivity contribution in [3.05, 3.63) is 98.3 Å². The number of carbonyl (C=O) groups excluding carboxylic acids is 1. The number of rotatable bonds is 7. The van der Waals surface area contributed by atoms with Crippen molar-refractivity contribution >= 4 is 39.1 Å². The number of para-hydroxylation sites is 1. The summed E-state index contributed by atoms with van der Waals surface area (Å²) < 4.78 is 9.29. The van der Waals surface area contributed by atoms with E-state index in [0.717, 1.165) is 52.3 Å². The first-order chi connectivity index (χ1) is 18.4. The highest BCUT2D eigenvalue weighted by Crippen LogP contribution is 2.37. The van der Waals surface area contributed by atoms with Gasteiger partial charge in [-0.3, -0.25) is 14.2 Å². The van der Waals surface area contributed by atoms with Crippen molar-refractivity contribution in [1.82, 2.24) is 14.1 Å². The second-order valence-corrected chi connectivity index (χ2v) is 12.1. The van der Waals surface area contributed by atoms with Gasteiger partial charge < -0.3 is 8.98 Å². The molecule has 38 heavy (non-hydrogen) atoms. The number of thiophene rings is 1. The molecule has 0 N–H and O–H groups in total. The van der Waals surface area contributed by atoms with Crippen LogP contribution in [0.3, 0.4) is 0 Å². The second-order valence-electron chi connectivity index (χ2n) is 10.1. The van der Waals surface area contributed by atoms with Crippen LogP contribution in [0, 0.1) is 19.8 Å². The van der Waals surface area contributed by atoms with Gasteiger partial charge in [0, 0.05) is 21.8 Å². The summed E-state index contributed by atoms with van der Waals surface area (Å²) in [7, 11) is 0. The van der Waals surface area contributed by atoms with E-state index >= 15 is 0 Å². The van der Waals surface area contributed by atoms with Gasteiger partial charge in [-0.1, -0.05) is 36.9 Å². The topological polar surface area (TPSA) is 70.0 Å². The largest absolute Gasteiger partial charge is 0.467 e. The molecular weight excluding hydrogens is 514 g/mol. The Morgan fingerprint density at radius 2 is 2.00 bits per heavy atom. The minimum atomic E-state index is -0.0418. The molecule has 5 aromatic rings. The van der Waals surface area contributed by atoms with Crippen molar-refractivity contribution in [2.75, 3.05) is 5.75 Å². The Morgan fingerprint density at radius 1 is 1.18 bits per heavy atom. The molecule has 0 fully saturated rings. The van der Waals surface area contributed by atoms with Gasteiger partial charge in [0.05, 0.1) is 29.6 Å². The SMILES string of the molecule is Cc1cc(C(=O)CSc2nc3sc4c(c3c(=O)n2-c2ccccc2)CCC(C)C4)c(C)n1Cc1ccco1. The van der Waals surface area contributed by atoms with Gasteiger partial charge in [-0.05, 0) is 74.9 Å². The van der Waals surface area contributed by atoms with Crippen LogP contribution in [-0.2, 0) is 19.4 Å². The summed E-state index contributed by atoms with van der Waals surface area (Å²) in [6.07, 6.45) is 4.66. The molecule has 8 heteroatoms. The molecule has 1 aliphatic rings. The summed E-state index contributed by atoms with van der Waals surface area (Å²) in [5.74, 6) is 1.67. The zero-order valence-corrected chi connectivity index (χ0v) is 23.3. The third kappa shape index (κ3) is 4.46. The highest BCUT2D eigenvalue weighted by molar-refractivity contribution is 7.99.